The van der Waals surface area contributed by atoms with Crippen LogP contribution in [0.2, 0.25) is 0 Å². The lowest BCUT2D eigenvalue weighted by molar-refractivity contribution is 0.122. The van der Waals surface area contributed by atoms with Crippen molar-refractivity contribution >= 4 is 17.3 Å². The zero-order chi connectivity index (χ0) is 13.8. The topological polar surface area (TPSA) is 50.3 Å². The number of aryl methyl sites for hydroxylation is 1. The molecular formula is C15H18N4O. The zero-order valence-corrected chi connectivity index (χ0v) is 11.5. The van der Waals surface area contributed by atoms with Gasteiger partial charge in [-0.2, -0.15) is 0 Å². The maximum absolute atomic E-state index is 5.36. The van der Waals surface area contributed by atoms with Crippen LogP contribution in [0.5, 0.6) is 0 Å². The summed E-state index contributed by atoms with van der Waals surface area (Å²) in [4.78, 5) is 10.8. The number of anilines is 3. The fourth-order valence-corrected chi connectivity index (χ4v) is 2.17. The highest BCUT2D eigenvalue weighted by atomic mass is 16.5. The smallest absolute Gasteiger partial charge is 0.135 e. The van der Waals surface area contributed by atoms with E-state index >= 15 is 0 Å². The summed E-state index contributed by atoms with van der Waals surface area (Å²) in [6.07, 6.45) is 1.60. The summed E-state index contributed by atoms with van der Waals surface area (Å²) in [5.41, 5.74) is 2.27. The van der Waals surface area contributed by atoms with Crippen molar-refractivity contribution in [1.29, 1.82) is 0 Å². The summed E-state index contributed by atoms with van der Waals surface area (Å²) in [5.74, 6) is 1.75. The number of nitrogens with zero attached hydrogens (tertiary/aromatic N) is 3. The first kappa shape index (κ1) is 12.9. The molecule has 1 saturated heterocycles. The molecule has 0 saturated carbocycles. The number of morpholine rings is 1. The number of aromatic nitrogens is 2. The van der Waals surface area contributed by atoms with Crippen LogP contribution in [0.1, 0.15) is 5.56 Å². The van der Waals surface area contributed by atoms with E-state index < -0.39 is 0 Å². The van der Waals surface area contributed by atoms with Gasteiger partial charge in [0.1, 0.15) is 18.0 Å². The van der Waals surface area contributed by atoms with Crippen LogP contribution in [0.4, 0.5) is 17.3 Å². The Morgan fingerprint density at radius 2 is 1.85 bits per heavy atom. The third-order valence-electron chi connectivity index (χ3n) is 3.31. The number of hydrogen-bond donors (Lipinski definition) is 1. The van der Waals surface area contributed by atoms with Gasteiger partial charge in [-0.3, -0.25) is 0 Å². The quantitative estimate of drug-likeness (QED) is 0.928. The Kier molecular flexibility index (Phi) is 3.78. The number of benzene rings is 1. The average molecular weight is 270 g/mol. The lowest BCUT2D eigenvalue weighted by atomic mass is 10.2. The van der Waals surface area contributed by atoms with Crippen molar-refractivity contribution in [1.82, 2.24) is 9.97 Å². The van der Waals surface area contributed by atoms with Gasteiger partial charge in [0.05, 0.1) is 13.2 Å². The van der Waals surface area contributed by atoms with Crippen LogP contribution in [0.15, 0.2) is 36.7 Å². The van der Waals surface area contributed by atoms with E-state index in [1.807, 2.05) is 18.2 Å². The molecule has 20 heavy (non-hydrogen) atoms. The molecule has 0 atom stereocenters. The minimum atomic E-state index is 0.755. The van der Waals surface area contributed by atoms with Gasteiger partial charge in [0.15, 0.2) is 0 Å². The molecule has 0 unspecified atom stereocenters. The molecule has 5 nitrogen and oxygen atoms in total. The molecule has 2 heterocycles. The Bertz CT molecular complexity index is 564. The minimum Gasteiger partial charge on any atom is -0.378 e. The van der Waals surface area contributed by atoms with E-state index in [1.54, 1.807) is 6.33 Å². The first-order valence-corrected chi connectivity index (χ1v) is 6.80. The Labute approximate surface area is 118 Å². The van der Waals surface area contributed by atoms with Gasteiger partial charge in [0.2, 0.25) is 0 Å². The lowest BCUT2D eigenvalue weighted by Gasteiger charge is -2.27. The third kappa shape index (κ3) is 3.05. The van der Waals surface area contributed by atoms with E-state index in [1.165, 1.54) is 5.56 Å². The van der Waals surface area contributed by atoms with Gasteiger partial charge in [0.25, 0.3) is 0 Å². The molecule has 1 aromatic carbocycles. The van der Waals surface area contributed by atoms with E-state index in [2.05, 4.69) is 39.2 Å². The molecule has 1 aliphatic rings. The Hall–Kier alpha value is -2.14. The van der Waals surface area contributed by atoms with Crippen LogP contribution in [-0.4, -0.2) is 36.3 Å². The molecule has 104 valence electrons. The summed E-state index contributed by atoms with van der Waals surface area (Å²) >= 11 is 0. The van der Waals surface area contributed by atoms with Crippen LogP contribution in [0.3, 0.4) is 0 Å². The van der Waals surface area contributed by atoms with Crippen molar-refractivity contribution in [3.8, 4) is 0 Å². The van der Waals surface area contributed by atoms with Gasteiger partial charge in [-0.15, -0.1) is 0 Å². The first-order valence-electron chi connectivity index (χ1n) is 6.80. The van der Waals surface area contributed by atoms with E-state index in [-0.39, 0.29) is 0 Å². The molecule has 0 radical (unpaired) electrons. The number of hydrogen-bond acceptors (Lipinski definition) is 5. The van der Waals surface area contributed by atoms with E-state index in [9.17, 15) is 0 Å². The van der Waals surface area contributed by atoms with E-state index in [0.29, 0.717) is 0 Å². The highest BCUT2D eigenvalue weighted by Gasteiger charge is 2.12. The van der Waals surface area contributed by atoms with Gasteiger partial charge in [-0.05, 0) is 19.1 Å². The largest absolute Gasteiger partial charge is 0.378 e. The fraction of sp³-hybridized carbons (Fsp3) is 0.333. The normalized spacial score (nSPS) is 15.2. The molecular weight excluding hydrogens is 252 g/mol. The second-order valence-electron chi connectivity index (χ2n) is 4.85. The minimum absolute atomic E-state index is 0.755. The number of nitrogens with one attached hydrogen (secondary N) is 1. The van der Waals surface area contributed by atoms with Crippen molar-refractivity contribution in [2.45, 2.75) is 6.92 Å². The lowest BCUT2D eigenvalue weighted by Crippen LogP contribution is -2.36. The molecule has 1 aromatic heterocycles. The Balaban J connectivity index is 1.75. The molecule has 0 spiro atoms. The molecule has 2 aromatic rings. The standard InChI is InChI=1S/C15H18N4O/c1-12-2-4-13(5-3-12)18-14-10-15(17-11-16-14)19-6-8-20-9-7-19/h2-5,10-11H,6-9H2,1H3,(H,16,17,18). The summed E-state index contributed by atoms with van der Waals surface area (Å²) in [5, 5.41) is 3.30. The number of ether oxygens (including phenoxy) is 1. The van der Waals surface area contributed by atoms with Crippen LogP contribution in [0, 0.1) is 6.92 Å². The SMILES string of the molecule is Cc1ccc(Nc2cc(N3CCOCC3)ncn2)cc1. The van der Waals surface area contributed by atoms with Crippen molar-refractivity contribution in [3.63, 3.8) is 0 Å². The first-order chi connectivity index (χ1) is 9.81. The molecule has 0 aliphatic carbocycles. The van der Waals surface area contributed by atoms with Crippen LogP contribution >= 0.6 is 0 Å². The van der Waals surface area contributed by atoms with Gasteiger partial charge in [-0.1, -0.05) is 17.7 Å². The summed E-state index contributed by atoms with van der Waals surface area (Å²) in [7, 11) is 0. The molecule has 1 fully saturated rings. The molecule has 0 amide bonds. The van der Waals surface area contributed by atoms with Crippen molar-refractivity contribution in [2.75, 3.05) is 36.5 Å². The predicted octanol–water partition coefficient (Wildman–Crippen LogP) is 2.37. The van der Waals surface area contributed by atoms with E-state index in [4.69, 9.17) is 4.74 Å². The summed E-state index contributed by atoms with van der Waals surface area (Å²) in [6, 6.07) is 10.2. The molecule has 0 bridgehead atoms. The van der Waals surface area contributed by atoms with E-state index in [0.717, 1.165) is 43.6 Å². The molecule has 1 N–H and O–H groups in total. The maximum Gasteiger partial charge on any atom is 0.135 e. The monoisotopic (exact) mass is 270 g/mol. The second-order valence-corrected chi connectivity index (χ2v) is 4.85. The highest BCUT2D eigenvalue weighted by molar-refractivity contribution is 5.59. The van der Waals surface area contributed by atoms with Gasteiger partial charge >= 0.3 is 0 Å². The Morgan fingerprint density at radius 3 is 2.60 bits per heavy atom. The van der Waals surface area contributed by atoms with Crippen LogP contribution < -0.4 is 10.2 Å². The summed E-state index contributed by atoms with van der Waals surface area (Å²) in [6.45, 7) is 5.34. The second kappa shape index (κ2) is 5.88. The maximum atomic E-state index is 5.36. The fourth-order valence-electron chi connectivity index (χ4n) is 2.17. The van der Waals surface area contributed by atoms with Crippen LogP contribution in [-0.2, 0) is 4.74 Å². The highest BCUT2D eigenvalue weighted by Crippen LogP contribution is 2.19. The number of rotatable bonds is 3. The molecule has 5 heteroatoms. The molecule has 3 rings (SSSR count). The van der Waals surface area contributed by atoms with Gasteiger partial charge in [0, 0.05) is 24.8 Å². The zero-order valence-electron chi connectivity index (χ0n) is 11.5. The molecule has 1 aliphatic heterocycles. The van der Waals surface area contributed by atoms with Crippen molar-refractivity contribution < 1.29 is 4.74 Å². The van der Waals surface area contributed by atoms with Crippen molar-refractivity contribution in [3.05, 3.63) is 42.2 Å². The van der Waals surface area contributed by atoms with Gasteiger partial charge < -0.3 is 15.0 Å². The third-order valence-corrected chi connectivity index (χ3v) is 3.31. The Morgan fingerprint density at radius 1 is 1.10 bits per heavy atom. The van der Waals surface area contributed by atoms with Crippen molar-refractivity contribution in [2.24, 2.45) is 0 Å². The predicted molar refractivity (Wildman–Crippen MR) is 79.5 cm³/mol. The average Bonchev–Trinajstić information content (AvgIpc) is 2.51. The van der Waals surface area contributed by atoms with Gasteiger partial charge in [-0.25, -0.2) is 9.97 Å². The van der Waals surface area contributed by atoms with Crippen LogP contribution in [0.25, 0.3) is 0 Å². The summed E-state index contributed by atoms with van der Waals surface area (Å²) < 4.78 is 5.36.